The maximum absolute atomic E-state index is 13.3. The fraction of sp³-hybridized carbons (Fsp3) is 0.280. The van der Waals surface area contributed by atoms with Gasteiger partial charge in [-0.15, -0.1) is 0 Å². The third-order valence-corrected chi connectivity index (χ3v) is 6.35. The molecule has 0 radical (unpaired) electrons. The van der Waals surface area contributed by atoms with Crippen LogP contribution in [0.4, 0.5) is 0 Å². The van der Waals surface area contributed by atoms with Gasteiger partial charge in [0.2, 0.25) is 11.7 Å². The van der Waals surface area contributed by atoms with E-state index in [0.29, 0.717) is 35.7 Å². The molecule has 0 spiro atoms. The van der Waals surface area contributed by atoms with Gasteiger partial charge in [-0.05, 0) is 40.5 Å². The normalized spacial score (nSPS) is 19.9. The standard InChI is InChI=1S/C25H23NO5/c1-29-19-12-15(13-20(30-2)25(19)31-3)23-22-16-7-5-4-6-14(16)8-9-17(22)24(28)18-10-11-21(27)26(18)23/h4-9,12-13,18,23H,10-11H2,1-3H3/t18-,23-/m0/s1. The van der Waals surface area contributed by atoms with E-state index in [0.717, 1.165) is 21.9 Å². The molecule has 6 heteroatoms. The van der Waals surface area contributed by atoms with Gasteiger partial charge in [-0.1, -0.05) is 36.4 Å². The molecule has 1 saturated heterocycles. The highest BCUT2D eigenvalue weighted by Gasteiger charge is 2.47. The van der Waals surface area contributed by atoms with E-state index in [1.165, 1.54) is 0 Å². The van der Waals surface area contributed by atoms with Gasteiger partial charge in [0.25, 0.3) is 0 Å². The molecule has 0 bridgehead atoms. The number of carbonyl (C=O) groups excluding carboxylic acids is 2. The summed E-state index contributed by atoms with van der Waals surface area (Å²) in [5.74, 6) is 1.51. The minimum Gasteiger partial charge on any atom is -0.493 e. The van der Waals surface area contributed by atoms with Gasteiger partial charge in [0.05, 0.1) is 33.4 Å². The number of ether oxygens (including phenoxy) is 3. The second kappa shape index (κ2) is 7.30. The first kappa shape index (κ1) is 19.4. The Hall–Kier alpha value is -3.54. The zero-order valence-electron chi connectivity index (χ0n) is 17.7. The zero-order valence-corrected chi connectivity index (χ0v) is 17.7. The lowest BCUT2D eigenvalue weighted by molar-refractivity contribution is -0.130. The molecule has 2 atom stereocenters. The fourth-order valence-electron chi connectivity index (χ4n) is 4.99. The van der Waals surface area contributed by atoms with Crippen molar-refractivity contribution in [3.05, 3.63) is 65.2 Å². The number of rotatable bonds is 4. The summed E-state index contributed by atoms with van der Waals surface area (Å²) in [6, 6.07) is 14.7. The summed E-state index contributed by atoms with van der Waals surface area (Å²) in [6.07, 6.45) is 0.897. The summed E-state index contributed by atoms with van der Waals surface area (Å²) in [5, 5.41) is 1.99. The monoisotopic (exact) mass is 417 g/mol. The number of nitrogens with zero attached hydrogens (tertiary/aromatic N) is 1. The summed E-state index contributed by atoms with van der Waals surface area (Å²) >= 11 is 0. The van der Waals surface area contributed by atoms with Gasteiger partial charge in [0, 0.05) is 12.0 Å². The van der Waals surface area contributed by atoms with E-state index in [2.05, 4.69) is 0 Å². The molecule has 2 heterocycles. The number of carbonyl (C=O) groups is 2. The van der Waals surface area contributed by atoms with Crippen LogP contribution in [0.5, 0.6) is 17.2 Å². The molecule has 0 aromatic heterocycles. The Balaban J connectivity index is 1.84. The van der Waals surface area contributed by atoms with Gasteiger partial charge in [-0.2, -0.15) is 0 Å². The van der Waals surface area contributed by atoms with E-state index < -0.39 is 12.1 Å². The fourth-order valence-corrected chi connectivity index (χ4v) is 4.99. The van der Waals surface area contributed by atoms with Crippen LogP contribution in [-0.2, 0) is 4.79 Å². The maximum atomic E-state index is 13.3. The Labute approximate surface area is 180 Å². The maximum Gasteiger partial charge on any atom is 0.224 e. The summed E-state index contributed by atoms with van der Waals surface area (Å²) in [4.78, 5) is 28.1. The molecular weight excluding hydrogens is 394 g/mol. The third kappa shape index (κ3) is 2.78. The first-order chi connectivity index (χ1) is 15.1. The van der Waals surface area contributed by atoms with Crippen molar-refractivity contribution < 1.29 is 23.8 Å². The van der Waals surface area contributed by atoms with Gasteiger partial charge < -0.3 is 19.1 Å². The van der Waals surface area contributed by atoms with Crippen LogP contribution in [0.1, 0.15) is 40.4 Å². The van der Waals surface area contributed by atoms with Gasteiger partial charge in [-0.3, -0.25) is 9.59 Å². The smallest absolute Gasteiger partial charge is 0.224 e. The number of fused-ring (bicyclic) bond motifs is 4. The lowest BCUT2D eigenvalue weighted by Crippen LogP contribution is -2.46. The van der Waals surface area contributed by atoms with E-state index >= 15 is 0 Å². The van der Waals surface area contributed by atoms with Crippen LogP contribution in [0.3, 0.4) is 0 Å². The molecule has 0 unspecified atom stereocenters. The van der Waals surface area contributed by atoms with Gasteiger partial charge in [0.15, 0.2) is 17.3 Å². The minimum absolute atomic E-state index is 0.00953. The molecule has 2 aliphatic heterocycles. The van der Waals surface area contributed by atoms with Crippen molar-refractivity contribution in [2.75, 3.05) is 21.3 Å². The van der Waals surface area contributed by atoms with E-state index in [-0.39, 0.29) is 11.7 Å². The summed E-state index contributed by atoms with van der Waals surface area (Å²) in [6.45, 7) is 0. The van der Waals surface area contributed by atoms with E-state index in [9.17, 15) is 9.59 Å². The Morgan fingerprint density at radius 2 is 1.61 bits per heavy atom. The van der Waals surface area contributed by atoms with E-state index in [4.69, 9.17) is 14.2 Å². The highest BCUT2D eigenvalue weighted by Crippen LogP contribution is 2.48. The number of hydrogen-bond donors (Lipinski definition) is 0. The molecule has 3 aromatic carbocycles. The highest BCUT2D eigenvalue weighted by atomic mass is 16.5. The van der Waals surface area contributed by atoms with Crippen LogP contribution in [-0.4, -0.2) is 44.0 Å². The number of ketones is 1. The molecule has 0 aliphatic carbocycles. The van der Waals surface area contributed by atoms with Crippen molar-refractivity contribution in [3.8, 4) is 17.2 Å². The summed E-state index contributed by atoms with van der Waals surface area (Å²) in [5.41, 5.74) is 2.34. The number of amides is 1. The van der Waals surface area contributed by atoms with Crippen LogP contribution in [0, 0.1) is 0 Å². The van der Waals surface area contributed by atoms with Gasteiger partial charge >= 0.3 is 0 Å². The van der Waals surface area contributed by atoms with Crippen molar-refractivity contribution in [2.24, 2.45) is 0 Å². The van der Waals surface area contributed by atoms with Crippen molar-refractivity contribution in [1.29, 1.82) is 0 Å². The van der Waals surface area contributed by atoms with E-state index in [1.807, 2.05) is 48.5 Å². The Morgan fingerprint density at radius 1 is 0.903 bits per heavy atom. The lowest BCUT2D eigenvalue weighted by atomic mass is 9.81. The minimum atomic E-state index is -0.453. The first-order valence-electron chi connectivity index (χ1n) is 10.3. The molecule has 0 N–H and O–H groups in total. The van der Waals surface area contributed by atoms with Crippen LogP contribution >= 0.6 is 0 Å². The summed E-state index contributed by atoms with van der Waals surface area (Å²) < 4.78 is 16.6. The average Bonchev–Trinajstić information content (AvgIpc) is 3.19. The SMILES string of the molecule is COc1cc([C@H]2c3c(ccc4ccccc34)C(=O)[C@@H]3CCC(=O)N23)cc(OC)c1OC. The van der Waals surface area contributed by atoms with Gasteiger partial charge in [-0.25, -0.2) is 0 Å². The lowest BCUT2D eigenvalue weighted by Gasteiger charge is -2.39. The number of Topliss-reactive ketones (excluding diaryl/α,β-unsaturated/α-hetero) is 1. The van der Waals surface area contributed by atoms with Crippen molar-refractivity contribution >= 4 is 22.5 Å². The molecular formula is C25H23NO5. The molecule has 158 valence electrons. The quantitative estimate of drug-likeness (QED) is 0.638. The van der Waals surface area contributed by atoms with Crippen molar-refractivity contribution in [1.82, 2.24) is 4.90 Å². The van der Waals surface area contributed by atoms with Crippen molar-refractivity contribution in [3.63, 3.8) is 0 Å². The van der Waals surface area contributed by atoms with Crippen LogP contribution < -0.4 is 14.2 Å². The molecule has 0 saturated carbocycles. The number of benzene rings is 3. The predicted octanol–water partition coefficient (Wildman–Crippen LogP) is 4.14. The molecule has 1 amide bonds. The summed E-state index contributed by atoms with van der Waals surface area (Å²) in [7, 11) is 4.69. The second-order valence-electron chi connectivity index (χ2n) is 7.83. The number of hydrogen-bond acceptors (Lipinski definition) is 5. The molecule has 6 nitrogen and oxygen atoms in total. The topological polar surface area (TPSA) is 65.1 Å². The largest absolute Gasteiger partial charge is 0.493 e. The van der Waals surface area contributed by atoms with Gasteiger partial charge in [0.1, 0.15) is 0 Å². The molecule has 31 heavy (non-hydrogen) atoms. The third-order valence-electron chi connectivity index (χ3n) is 6.35. The zero-order chi connectivity index (χ0) is 21.7. The molecule has 5 rings (SSSR count). The first-order valence-corrected chi connectivity index (χ1v) is 10.3. The second-order valence-corrected chi connectivity index (χ2v) is 7.83. The van der Waals surface area contributed by atoms with Crippen LogP contribution in [0.25, 0.3) is 10.8 Å². The average molecular weight is 417 g/mol. The van der Waals surface area contributed by atoms with Crippen LogP contribution in [0.15, 0.2) is 48.5 Å². The molecule has 2 aliphatic rings. The predicted molar refractivity (Wildman–Crippen MR) is 116 cm³/mol. The van der Waals surface area contributed by atoms with Crippen molar-refractivity contribution in [2.45, 2.75) is 24.9 Å². The molecule has 3 aromatic rings. The molecule has 1 fully saturated rings. The Kier molecular flexibility index (Phi) is 4.58. The number of methoxy groups -OCH3 is 3. The Morgan fingerprint density at radius 3 is 2.29 bits per heavy atom. The van der Waals surface area contributed by atoms with E-state index in [1.54, 1.807) is 26.2 Å². The van der Waals surface area contributed by atoms with Crippen LogP contribution in [0.2, 0.25) is 0 Å². The Bertz CT molecular complexity index is 1190. The highest BCUT2D eigenvalue weighted by molar-refractivity contribution is 6.10.